The van der Waals surface area contributed by atoms with Gasteiger partial charge < -0.3 is 8.97 Å². The highest BCUT2D eigenvalue weighted by molar-refractivity contribution is 6.24. The van der Waals surface area contributed by atoms with E-state index in [1.54, 1.807) is 0 Å². The summed E-state index contributed by atoms with van der Waals surface area (Å²) >= 11 is 0. The summed E-state index contributed by atoms with van der Waals surface area (Å²) in [5.41, 5.74) is 13.6. The molecule has 3 nitrogen and oxygen atoms in total. The lowest BCUT2D eigenvalue weighted by Crippen LogP contribution is -1.96. The van der Waals surface area contributed by atoms with Gasteiger partial charge in [0.15, 0.2) is 0 Å². The van der Waals surface area contributed by atoms with E-state index in [4.69, 9.17) is 4.98 Å². The van der Waals surface area contributed by atoms with E-state index >= 15 is 0 Å². The smallest absolute Gasteiger partial charge is 0.0716 e. The molecule has 0 bridgehead atoms. The summed E-state index contributed by atoms with van der Waals surface area (Å²) in [4.78, 5) is 5.26. The molecule has 0 aliphatic heterocycles. The monoisotopic (exact) mass is 661 g/mol. The Morgan fingerprint density at radius 2 is 0.942 bits per heavy atom. The Morgan fingerprint density at radius 1 is 0.346 bits per heavy atom. The van der Waals surface area contributed by atoms with Crippen molar-refractivity contribution in [2.75, 3.05) is 0 Å². The van der Waals surface area contributed by atoms with Crippen molar-refractivity contribution in [1.82, 2.24) is 14.0 Å². The first-order valence-electron chi connectivity index (χ1n) is 17.8. The van der Waals surface area contributed by atoms with E-state index < -0.39 is 0 Å². The highest BCUT2D eigenvalue weighted by atomic mass is 15.0. The lowest BCUT2D eigenvalue weighted by Gasteiger charge is -2.13. The van der Waals surface area contributed by atoms with E-state index in [2.05, 4.69) is 197 Å². The van der Waals surface area contributed by atoms with E-state index in [-0.39, 0.29) is 0 Å². The molecule has 7 aromatic carbocycles. The maximum Gasteiger partial charge on any atom is 0.0716 e. The lowest BCUT2D eigenvalue weighted by atomic mass is 10.00. The molecule has 0 saturated carbocycles. The first-order valence-corrected chi connectivity index (χ1v) is 17.8. The SMILES string of the molecule is c1ccc(-c2cc(-c3ccccc3)nc(-c3cccc(-n4c5ccccc5c5c4ccc4cc6c7ccccc7c7ccccc7n6c45)c3)c2)cc1. The van der Waals surface area contributed by atoms with Crippen molar-refractivity contribution in [1.29, 1.82) is 0 Å². The van der Waals surface area contributed by atoms with Crippen molar-refractivity contribution in [2.24, 2.45) is 0 Å². The number of aromatic nitrogens is 3. The molecule has 0 radical (unpaired) electrons. The lowest BCUT2D eigenvalue weighted by molar-refractivity contribution is 1.18. The molecule has 0 atom stereocenters. The number of benzene rings is 7. The van der Waals surface area contributed by atoms with Crippen LogP contribution in [0.25, 0.3) is 99.2 Å². The third-order valence-electron chi connectivity index (χ3n) is 10.6. The van der Waals surface area contributed by atoms with Crippen LogP contribution in [-0.2, 0) is 0 Å². The van der Waals surface area contributed by atoms with Crippen molar-refractivity contribution in [3.05, 3.63) is 188 Å². The zero-order chi connectivity index (χ0) is 34.2. The van der Waals surface area contributed by atoms with E-state index in [0.717, 1.165) is 33.8 Å². The quantitative estimate of drug-likeness (QED) is 0.172. The first-order chi connectivity index (χ1) is 25.8. The maximum absolute atomic E-state index is 5.26. The molecule has 0 amide bonds. The van der Waals surface area contributed by atoms with E-state index in [9.17, 15) is 0 Å². The van der Waals surface area contributed by atoms with Gasteiger partial charge in [0.1, 0.15) is 0 Å². The Bertz CT molecular complexity index is 3110. The van der Waals surface area contributed by atoms with Crippen molar-refractivity contribution in [3.63, 3.8) is 0 Å². The molecule has 0 N–H and O–H groups in total. The van der Waals surface area contributed by atoms with Crippen molar-refractivity contribution in [3.8, 4) is 39.3 Å². The molecule has 4 aromatic heterocycles. The summed E-state index contributed by atoms with van der Waals surface area (Å²) in [6.45, 7) is 0. The Morgan fingerprint density at radius 3 is 1.71 bits per heavy atom. The van der Waals surface area contributed by atoms with Crippen LogP contribution in [0.2, 0.25) is 0 Å². The number of hydrogen-bond donors (Lipinski definition) is 0. The Labute approximate surface area is 300 Å². The number of nitrogens with zero attached hydrogens (tertiary/aromatic N) is 3. The van der Waals surface area contributed by atoms with Crippen molar-refractivity contribution >= 4 is 59.9 Å². The molecule has 0 spiro atoms. The summed E-state index contributed by atoms with van der Waals surface area (Å²) in [7, 11) is 0. The second-order valence-electron chi connectivity index (χ2n) is 13.6. The standard InChI is InChI=1S/C49H31N3/c1-3-14-32(15-4-1)36-29-42(33-16-5-2-6-17-33)50-43(30-36)34-18-13-19-37(28-34)51-45-25-12-10-23-41(45)48-46(51)27-26-35-31-47-40-22-8-7-20-38(40)39-21-9-11-24-44(39)52(47)49(35)48/h1-31H. The minimum absolute atomic E-state index is 0.946. The molecule has 0 unspecified atom stereocenters. The second-order valence-corrected chi connectivity index (χ2v) is 13.6. The molecule has 0 aliphatic rings. The minimum atomic E-state index is 0.946. The number of pyridine rings is 2. The molecule has 0 saturated heterocycles. The van der Waals surface area contributed by atoms with Crippen LogP contribution in [0.4, 0.5) is 0 Å². The predicted molar refractivity (Wildman–Crippen MR) is 218 cm³/mol. The van der Waals surface area contributed by atoms with Crippen molar-refractivity contribution < 1.29 is 0 Å². The number of para-hydroxylation sites is 2. The molecular formula is C49H31N3. The molecule has 0 fully saturated rings. The number of fused-ring (bicyclic) bond motifs is 12. The molecule has 11 rings (SSSR count). The molecular weight excluding hydrogens is 631 g/mol. The summed E-state index contributed by atoms with van der Waals surface area (Å²) in [5, 5.41) is 7.54. The van der Waals surface area contributed by atoms with E-state index in [0.29, 0.717) is 0 Å². The Kier molecular flexibility index (Phi) is 6.25. The Hall–Kier alpha value is -6.97. The zero-order valence-electron chi connectivity index (χ0n) is 28.2. The molecule has 52 heavy (non-hydrogen) atoms. The molecule has 242 valence electrons. The van der Waals surface area contributed by atoms with Gasteiger partial charge in [-0.05, 0) is 65.0 Å². The average molecular weight is 662 g/mol. The topological polar surface area (TPSA) is 22.2 Å². The highest BCUT2D eigenvalue weighted by Crippen LogP contribution is 2.42. The van der Waals surface area contributed by atoms with Gasteiger partial charge in [-0.25, -0.2) is 4.98 Å². The summed E-state index contributed by atoms with van der Waals surface area (Å²) in [5.74, 6) is 0. The highest BCUT2D eigenvalue weighted by Gasteiger charge is 2.20. The third-order valence-corrected chi connectivity index (χ3v) is 10.6. The van der Waals surface area contributed by atoms with Gasteiger partial charge in [0, 0.05) is 43.7 Å². The third kappa shape index (κ3) is 4.30. The fourth-order valence-electron chi connectivity index (χ4n) is 8.35. The maximum atomic E-state index is 5.26. The summed E-state index contributed by atoms with van der Waals surface area (Å²) < 4.78 is 4.92. The van der Waals surface area contributed by atoms with Gasteiger partial charge in [-0.15, -0.1) is 0 Å². The van der Waals surface area contributed by atoms with Crippen LogP contribution >= 0.6 is 0 Å². The van der Waals surface area contributed by atoms with E-state index in [1.165, 1.54) is 65.5 Å². The van der Waals surface area contributed by atoms with Gasteiger partial charge in [0.2, 0.25) is 0 Å². The van der Waals surface area contributed by atoms with Crippen LogP contribution in [0, 0.1) is 0 Å². The second kappa shape index (κ2) is 11.3. The van der Waals surface area contributed by atoms with Gasteiger partial charge >= 0.3 is 0 Å². The zero-order valence-corrected chi connectivity index (χ0v) is 28.2. The minimum Gasteiger partial charge on any atom is -0.309 e. The molecule has 0 aliphatic carbocycles. The van der Waals surface area contributed by atoms with Crippen LogP contribution in [0.15, 0.2) is 188 Å². The van der Waals surface area contributed by atoms with Crippen molar-refractivity contribution in [2.45, 2.75) is 0 Å². The molecule has 4 heterocycles. The van der Waals surface area contributed by atoms with Gasteiger partial charge in [-0.2, -0.15) is 0 Å². The van der Waals surface area contributed by atoms with Crippen LogP contribution in [0.1, 0.15) is 0 Å². The fraction of sp³-hybridized carbons (Fsp3) is 0. The van der Waals surface area contributed by atoms with Crippen LogP contribution < -0.4 is 0 Å². The average Bonchev–Trinajstić information content (AvgIpc) is 3.78. The Balaban J connectivity index is 1.18. The van der Waals surface area contributed by atoms with Gasteiger partial charge in [0.25, 0.3) is 0 Å². The first kappa shape index (κ1) is 28.8. The van der Waals surface area contributed by atoms with Crippen LogP contribution in [-0.4, -0.2) is 14.0 Å². The normalized spacial score (nSPS) is 11.8. The predicted octanol–water partition coefficient (Wildman–Crippen LogP) is 12.9. The van der Waals surface area contributed by atoms with Crippen LogP contribution in [0.5, 0.6) is 0 Å². The number of rotatable bonds is 4. The largest absolute Gasteiger partial charge is 0.309 e. The fourth-order valence-corrected chi connectivity index (χ4v) is 8.35. The van der Waals surface area contributed by atoms with Gasteiger partial charge in [-0.3, -0.25) is 0 Å². The molecule has 11 aromatic rings. The van der Waals surface area contributed by atoms with Crippen LogP contribution in [0.3, 0.4) is 0 Å². The summed E-state index contributed by atoms with van der Waals surface area (Å²) in [6, 6.07) is 67.7. The van der Waals surface area contributed by atoms with E-state index in [1.807, 2.05) is 0 Å². The van der Waals surface area contributed by atoms with Gasteiger partial charge in [0.05, 0.1) is 39.0 Å². The number of hydrogen-bond acceptors (Lipinski definition) is 1. The molecule has 3 heteroatoms. The summed E-state index contributed by atoms with van der Waals surface area (Å²) in [6.07, 6.45) is 0. The van der Waals surface area contributed by atoms with Gasteiger partial charge in [-0.1, -0.05) is 140 Å².